The number of hydrogen-bond acceptors (Lipinski definition) is 3. The Morgan fingerprint density at radius 2 is 2.11 bits per heavy atom. The molecular formula is C14H21N3O. The molecule has 0 bridgehead atoms. The molecule has 0 aliphatic heterocycles. The van der Waals surface area contributed by atoms with Gasteiger partial charge >= 0.3 is 0 Å². The summed E-state index contributed by atoms with van der Waals surface area (Å²) >= 11 is 0. The Morgan fingerprint density at radius 1 is 1.39 bits per heavy atom. The van der Waals surface area contributed by atoms with E-state index in [-0.39, 0.29) is 12.4 Å². The van der Waals surface area contributed by atoms with Crippen molar-refractivity contribution >= 4 is 5.84 Å². The lowest BCUT2D eigenvalue weighted by molar-refractivity contribution is 0.0945. The highest BCUT2D eigenvalue weighted by Crippen LogP contribution is 2.26. The Balaban J connectivity index is 2.12. The molecule has 1 aromatic rings. The van der Waals surface area contributed by atoms with Crippen LogP contribution in [0.5, 0.6) is 0 Å². The van der Waals surface area contributed by atoms with E-state index in [1.807, 2.05) is 24.3 Å². The average molecular weight is 247 g/mol. The molecule has 4 N–H and O–H groups in total. The van der Waals surface area contributed by atoms with Gasteiger partial charge in [0.15, 0.2) is 0 Å². The molecule has 4 nitrogen and oxygen atoms in total. The van der Waals surface area contributed by atoms with Crippen molar-refractivity contribution in [1.82, 2.24) is 4.90 Å². The fourth-order valence-corrected chi connectivity index (χ4v) is 2.41. The minimum Gasteiger partial charge on any atom is -0.395 e. The summed E-state index contributed by atoms with van der Waals surface area (Å²) < 4.78 is 0. The number of nitrogens with zero attached hydrogens (tertiary/aromatic N) is 1. The fraction of sp³-hybridized carbons (Fsp3) is 0.500. The predicted molar refractivity (Wildman–Crippen MR) is 72.6 cm³/mol. The van der Waals surface area contributed by atoms with E-state index in [9.17, 15) is 0 Å². The highest BCUT2D eigenvalue weighted by Gasteiger charge is 2.25. The van der Waals surface area contributed by atoms with Gasteiger partial charge in [-0.25, -0.2) is 0 Å². The Hall–Kier alpha value is -1.39. The molecule has 1 aliphatic rings. The second-order valence-electron chi connectivity index (χ2n) is 4.85. The van der Waals surface area contributed by atoms with Gasteiger partial charge < -0.3 is 10.8 Å². The smallest absolute Gasteiger partial charge is 0.123 e. The van der Waals surface area contributed by atoms with Crippen molar-refractivity contribution in [2.24, 2.45) is 5.73 Å². The van der Waals surface area contributed by atoms with Gasteiger partial charge in [0.1, 0.15) is 5.84 Å². The van der Waals surface area contributed by atoms with E-state index < -0.39 is 0 Å². The minimum atomic E-state index is 0.114. The second kappa shape index (κ2) is 5.98. The van der Waals surface area contributed by atoms with Gasteiger partial charge in [-0.05, 0) is 18.4 Å². The van der Waals surface area contributed by atoms with Crippen LogP contribution in [0.15, 0.2) is 24.3 Å². The molecule has 1 fully saturated rings. The van der Waals surface area contributed by atoms with Crippen LogP contribution in [0.1, 0.15) is 30.4 Å². The zero-order chi connectivity index (χ0) is 13.0. The highest BCUT2D eigenvalue weighted by atomic mass is 16.3. The summed E-state index contributed by atoms with van der Waals surface area (Å²) in [7, 11) is 0. The summed E-state index contributed by atoms with van der Waals surface area (Å²) in [5.74, 6) is 0.114. The van der Waals surface area contributed by atoms with Gasteiger partial charge in [0.2, 0.25) is 0 Å². The lowest BCUT2D eigenvalue weighted by Gasteiger charge is -2.37. The number of hydrogen-bond donors (Lipinski definition) is 3. The van der Waals surface area contributed by atoms with E-state index in [2.05, 4.69) is 4.90 Å². The maximum Gasteiger partial charge on any atom is 0.123 e. The van der Waals surface area contributed by atoms with Crippen LogP contribution in [0.3, 0.4) is 0 Å². The van der Waals surface area contributed by atoms with Crippen molar-refractivity contribution < 1.29 is 5.11 Å². The van der Waals surface area contributed by atoms with E-state index in [0.717, 1.165) is 17.7 Å². The standard InChI is InChI=1S/C14H21N3O/c15-14(16)13-7-2-1-4-11(13)10-17(8-9-18)12-5-3-6-12/h1-2,4,7,12,18H,3,5-6,8-10H2,(H3,15,16). The third-order valence-corrected chi connectivity index (χ3v) is 3.66. The van der Waals surface area contributed by atoms with Gasteiger partial charge in [0.05, 0.1) is 6.61 Å². The average Bonchev–Trinajstić information content (AvgIpc) is 2.27. The first-order valence-electron chi connectivity index (χ1n) is 6.49. The Labute approximate surface area is 108 Å². The topological polar surface area (TPSA) is 73.3 Å². The Kier molecular flexibility index (Phi) is 4.33. The summed E-state index contributed by atoms with van der Waals surface area (Å²) in [6.07, 6.45) is 3.70. The quantitative estimate of drug-likeness (QED) is 0.524. The molecule has 2 rings (SSSR count). The van der Waals surface area contributed by atoms with Crippen LogP contribution in [0.4, 0.5) is 0 Å². The van der Waals surface area contributed by atoms with Crippen molar-refractivity contribution in [3.05, 3.63) is 35.4 Å². The van der Waals surface area contributed by atoms with Crippen molar-refractivity contribution in [3.63, 3.8) is 0 Å². The van der Waals surface area contributed by atoms with Crippen molar-refractivity contribution in [2.75, 3.05) is 13.2 Å². The summed E-state index contributed by atoms with van der Waals surface area (Å²) in [6.45, 7) is 1.64. The molecule has 0 aromatic heterocycles. The van der Waals surface area contributed by atoms with Crippen LogP contribution < -0.4 is 5.73 Å². The van der Waals surface area contributed by atoms with Crippen molar-refractivity contribution in [1.29, 1.82) is 5.41 Å². The van der Waals surface area contributed by atoms with Crippen LogP contribution in [-0.2, 0) is 6.54 Å². The SMILES string of the molecule is N=C(N)c1ccccc1CN(CCO)C1CCC1. The van der Waals surface area contributed by atoms with Crippen LogP contribution in [0.2, 0.25) is 0 Å². The number of benzene rings is 1. The zero-order valence-corrected chi connectivity index (χ0v) is 10.6. The monoisotopic (exact) mass is 247 g/mol. The first-order valence-corrected chi connectivity index (χ1v) is 6.49. The second-order valence-corrected chi connectivity index (χ2v) is 4.85. The van der Waals surface area contributed by atoms with Crippen LogP contribution in [-0.4, -0.2) is 35.0 Å². The van der Waals surface area contributed by atoms with Crippen LogP contribution in [0, 0.1) is 5.41 Å². The van der Waals surface area contributed by atoms with E-state index in [0.29, 0.717) is 12.6 Å². The number of nitrogens with one attached hydrogen (secondary N) is 1. The minimum absolute atomic E-state index is 0.114. The van der Waals surface area contributed by atoms with Crippen molar-refractivity contribution in [3.8, 4) is 0 Å². The first kappa shape index (κ1) is 13.1. The number of aliphatic hydroxyl groups excluding tert-OH is 1. The number of amidine groups is 1. The molecule has 0 unspecified atom stereocenters. The Bertz CT molecular complexity index is 415. The zero-order valence-electron chi connectivity index (χ0n) is 10.6. The van der Waals surface area contributed by atoms with Crippen LogP contribution >= 0.6 is 0 Å². The third kappa shape index (κ3) is 2.89. The lowest BCUT2D eigenvalue weighted by atomic mass is 9.91. The van der Waals surface area contributed by atoms with Crippen molar-refractivity contribution in [2.45, 2.75) is 31.8 Å². The highest BCUT2D eigenvalue weighted by molar-refractivity contribution is 5.96. The number of aliphatic hydroxyl groups is 1. The molecule has 0 amide bonds. The summed E-state index contributed by atoms with van der Waals surface area (Å²) in [5.41, 5.74) is 7.48. The predicted octanol–water partition coefficient (Wildman–Crippen LogP) is 1.32. The third-order valence-electron chi connectivity index (χ3n) is 3.66. The molecule has 1 aliphatic carbocycles. The van der Waals surface area contributed by atoms with E-state index in [4.69, 9.17) is 16.2 Å². The lowest BCUT2D eigenvalue weighted by Crippen LogP contribution is -2.41. The molecule has 0 spiro atoms. The summed E-state index contributed by atoms with van der Waals surface area (Å²) in [4.78, 5) is 2.30. The molecule has 18 heavy (non-hydrogen) atoms. The van der Waals surface area contributed by atoms with Gasteiger partial charge in [0, 0.05) is 24.7 Å². The maximum atomic E-state index is 9.15. The molecule has 4 heteroatoms. The fourth-order valence-electron chi connectivity index (χ4n) is 2.41. The molecule has 1 saturated carbocycles. The van der Waals surface area contributed by atoms with Gasteiger partial charge in [-0.1, -0.05) is 30.7 Å². The molecular weight excluding hydrogens is 226 g/mol. The van der Waals surface area contributed by atoms with E-state index in [1.54, 1.807) is 0 Å². The largest absolute Gasteiger partial charge is 0.395 e. The molecule has 0 atom stereocenters. The number of nitrogen functional groups attached to an aromatic ring is 1. The van der Waals surface area contributed by atoms with Gasteiger partial charge in [0.25, 0.3) is 0 Å². The number of nitrogens with two attached hydrogens (primary N) is 1. The molecule has 0 saturated heterocycles. The van der Waals surface area contributed by atoms with E-state index in [1.165, 1.54) is 19.3 Å². The molecule has 0 heterocycles. The first-order chi connectivity index (χ1) is 8.72. The number of rotatable bonds is 6. The van der Waals surface area contributed by atoms with E-state index >= 15 is 0 Å². The van der Waals surface area contributed by atoms with Crippen LogP contribution in [0.25, 0.3) is 0 Å². The summed E-state index contributed by atoms with van der Waals surface area (Å²) in [5, 5.41) is 16.8. The van der Waals surface area contributed by atoms with Gasteiger partial charge in [-0.3, -0.25) is 10.3 Å². The maximum absolute atomic E-state index is 9.15. The molecule has 98 valence electrons. The normalized spacial score (nSPS) is 15.7. The van der Waals surface area contributed by atoms with Gasteiger partial charge in [-0.15, -0.1) is 0 Å². The Morgan fingerprint density at radius 3 is 2.67 bits per heavy atom. The molecule has 1 aromatic carbocycles. The summed E-state index contributed by atoms with van der Waals surface area (Å²) in [6, 6.07) is 8.35. The van der Waals surface area contributed by atoms with Gasteiger partial charge in [-0.2, -0.15) is 0 Å². The molecule has 0 radical (unpaired) electrons.